The maximum Gasteiger partial charge on any atom is 0.305 e. The first-order valence-electron chi connectivity index (χ1n) is 6.35. The highest BCUT2D eigenvalue weighted by molar-refractivity contribution is 6.32. The number of hydrogen-bond donors (Lipinski definition) is 2. The summed E-state index contributed by atoms with van der Waals surface area (Å²) in [6.07, 6.45) is -0.165. The van der Waals surface area contributed by atoms with Crippen molar-refractivity contribution < 1.29 is 19.4 Å². The summed E-state index contributed by atoms with van der Waals surface area (Å²) in [6.45, 7) is 5.06. The van der Waals surface area contributed by atoms with Crippen molar-refractivity contribution in [2.45, 2.75) is 26.3 Å². The lowest BCUT2D eigenvalue weighted by Crippen LogP contribution is -2.26. The molecule has 3 N–H and O–H groups in total. The zero-order valence-corrected chi connectivity index (χ0v) is 12.2. The van der Waals surface area contributed by atoms with E-state index in [0.29, 0.717) is 35.3 Å². The number of aliphatic carboxylic acids is 1. The van der Waals surface area contributed by atoms with E-state index in [0.717, 1.165) is 0 Å². The van der Waals surface area contributed by atoms with E-state index in [1.165, 1.54) is 0 Å². The van der Waals surface area contributed by atoms with E-state index in [2.05, 4.69) is 0 Å². The van der Waals surface area contributed by atoms with Gasteiger partial charge in [-0.1, -0.05) is 25.4 Å². The van der Waals surface area contributed by atoms with Crippen molar-refractivity contribution in [1.82, 2.24) is 0 Å². The minimum absolute atomic E-state index is 0.119. The Kier molecular flexibility index (Phi) is 4.11. The molecule has 0 bridgehead atoms. The van der Waals surface area contributed by atoms with Crippen LogP contribution in [0.1, 0.15) is 31.9 Å². The quantitative estimate of drug-likeness (QED) is 0.896. The highest BCUT2D eigenvalue weighted by Gasteiger charge is 2.27. The van der Waals surface area contributed by atoms with E-state index in [1.54, 1.807) is 12.1 Å². The number of carboxylic acid groups (broad SMARTS) is 1. The average Bonchev–Trinajstić information content (AvgIpc) is 2.48. The van der Waals surface area contributed by atoms with Gasteiger partial charge in [-0.05, 0) is 17.7 Å². The normalized spacial score (nSPS) is 18.2. The Morgan fingerprint density at radius 2 is 2.10 bits per heavy atom. The molecular formula is C14H18ClNO4. The zero-order chi connectivity index (χ0) is 14.9. The Balaban J connectivity index is 2.31. The lowest BCUT2D eigenvalue weighted by molar-refractivity contribution is -0.137. The number of carbonyl (C=O) groups is 1. The fraction of sp³-hybridized carbons (Fsp3) is 0.500. The Bertz CT molecular complexity index is 530. The van der Waals surface area contributed by atoms with Gasteiger partial charge in [0.25, 0.3) is 0 Å². The first kappa shape index (κ1) is 14.9. The summed E-state index contributed by atoms with van der Waals surface area (Å²) in [5, 5.41) is 9.18. The SMILES string of the molecule is CC1(C)COc2cc(C(N)CC(=O)O)cc(Cl)c2OC1. The molecule has 1 heterocycles. The molecule has 0 aromatic heterocycles. The van der Waals surface area contributed by atoms with Gasteiger partial charge in [0.1, 0.15) is 0 Å². The largest absolute Gasteiger partial charge is 0.489 e. The van der Waals surface area contributed by atoms with Crippen LogP contribution >= 0.6 is 11.6 Å². The summed E-state index contributed by atoms with van der Waals surface area (Å²) >= 11 is 6.19. The van der Waals surface area contributed by atoms with Crippen LogP contribution in [0.4, 0.5) is 0 Å². The Morgan fingerprint density at radius 1 is 1.45 bits per heavy atom. The minimum Gasteiger partial charge on any atom is -0.489 e. The Morgan fingerprint density at radius 3 is 2.75 bits per heavy atom. The maximum absolute atomic E-state index is 10.7. The standard InChI is InChI=1S/C14H18ClNO4/c1-14(2)6-19-11-4-8(10(16)5-12(17)18)3-9(15)13(11)20-7-14/h3-4,10H,5-7,16H2,1-2H3,(H,17,18). The van der Waals surface area contributed by atoms with Gasteiger partial charge in [-0.15, -0.1) is 0 Å². The summed E-state index contributed by atoms with van der Waals surface area (Å²) in [5.74, 6) is 0.0456. The van der Waals surface area contributed by atoms with E-state index in [-0.39, 0.29) is 11.8 Å². The first-order valence-corrected chi connectivity index (χ1v) is 6.73. The highest BCUT2D eigenvalue weighted by atomic mass is 35.5. The number of benzene rings is 1. The number of rotatable bonds is 3. The van der Waals surface area contributed by atoms with E-state index in [1.807, 2.05) is 13.8 Å². The molecule has 0 amide bonds. The third kappa shape index (κ3) is 3.35. The molecule has 0 spiro atoms. The number of carboxylic acids is 1. The molecule has 1 aromatic rings. The number of halogens is 1. The van der Waals surface area contributed by atoms with Crippen LogP contribution in [0.25, 0.3) is 0 Å². The molecule has 20 heavy (non-hydrogen) atoms. The van der Waals surface area contributed by atoms with Crippen molar-refractivity contribution in [3.8, 4) is 11.5 Å². The number of nitrogens with two attached hydrogens (primary N) is 1. The Labute approximate surface area is 122 Å². The van der Waals surface area contributed by atoms with Crippen molar-refractivity contribution in [3.05, 3.63) is 22.7 Å². The molecule has 1 aliphatic rings. The fourth-order valence-corrected chi connectivity index (χ4v) is 2.21. The zero-order valence-electron chi connectivity index (χ0n) is 11.5. The van der Waals surface area contributed by atoms with E-state index in [9.17, 15) is 4.79 Å². The van der Waals surface area contributed by atoms with E-state index >= 15 is 0 Å². The van der Waals surface area contributed by atoms with Crippen molar-refractivity contribution in [2.24, 2.45) is 11.1 Å². The van der Waals surface area contributed by atoms with Crippen LogP contribution in [0.3, 0.4) is 0 Å². The molecule has 6 heteroatoms. The topological polar surface area (TPSA) is 81.8 Å². The molecular weight excluding hydrogens is 282 g/mol. The molecule has 0 saturated heterocycles. The first-order chi connectivity index (χ1) is 9.28. The van der Waals surface area contributed by atoms with E-state index in [4.69, 9.17) is 31.9 Å². The fourth-order valence-electron chi connectivity index (χ4n) is 1.94. The molecule has 0 saturated carbocycles. The monoisotopic (exact) mass is 299 g/mol. The highest BCUT2D eigenvalue weighted by Crippen LogP contribution is 2.41. The van der Waals surface area contributed by atoms with Crippen LogP contribution in [0.5, 0.6) is 11.5 Å². The molecule has 0 aliphatic carbocycles. The average molecular weight is 300 g/mol. The predicted molar refractivity (Wildman–Crippen MR) is 75.4 cm³/mol. The van der Waals surface area contributed by atoms with Crippen LogP contribution in [-0.4, -0.2) is 24.3 Å². The number of ether oxygens (including phenoxy) is 2. The molecule has 2 rings (SSSR count). The van der Waals surface area contributed by atoms with Crippen molar-refractivity contribution in [3.63, 3.8) is 0 Å². The van der Waals surface area contributed by atoms with Gasteiger partial charge < -0.3 is 20.3 Å². The van der Waals surface area contributed by atoms with Gasteiger partial charge >= 0.3 is 5.97 Å². The second kappa shape index (κ2) is 5.50. The third-order valence-electron chi connectivity index (χ3n) is 3.08. The molecule has 0 radical (unpaired) electrons. The van der Waals surface area contributed by atoms with Crippen molar-refractivity contribution in [2.75, 3.05) is 13.2 Å². The maximum atomic E-state index is 10.7. The summed E-state index contributed by atoms with van der Waals surface area (Å²) in [4.78, 5) is 10.7. The molecule has 1 unspecified atom stereocenters. The van der Waals surface area contributed by atoms with Crippen LogP contribution in [0.15, 0.2) is 12.1 Å². The van der Waals surface area contributed by atoms with Gasteiger partial charge in [0, 0.05) is 11.5 Å². The van der Waals surface area contributed by atoms with Gasteiger partial charge in [-0.2, -0.15) is 0 Å². The molecule has 0 fully saturated rings. The summed E-state index contributed by atoms with van der Waals surface area (Å²) in [6, 6.07) is 2.71. The molecule has 5 nitrogen and oxygen atoms in total. The molecule has 1 aromatic carbocycles. The summed E-state index contributed by atoms with van der Waals surface area (Å²) < 4.78 is 11.4. The molecule has 1 aliphatic heterocycles. The second-order valence-electron chi connectivity index (χ2n) is 5.78. The number of hydrogen-bond acceptors (Lipinski definition) is 4. The minimum atomic E-state index is -0.957. The van der Waals surface area contributed by atoms with Gasteiger partial charge in [0.15, 0.2) is 11.5 Å². The lowest BCUT2D eigenvalue weighted by atomic mass is 9.97. The third-order valence-corrected chi connectivity index (χ3v) is 3.36. The second-order valence-corrected chi connectivity index (χ2v) is 6.18. The Hall–Kier alpha value is -1.46. The van der Waals surface area contributed by atoms with Gasteiger partial charge in [0.05, 0.1) is 24.7 Å². The van der Waals surface area contributed by atoms with Crippen molar-refractivity contribution >= 4 is 17.6 Å². The van der Waals surface area contributed by atoms with Gasteiger partial charge in [0.2, 0.25) is 0 Å². The van der Waals surface area contributed by atoms with Crippen molar-refractivity contribution in [1.29, 1.82) is 0 Å². The van der Waals surface area contributed by atoms with Crippen LogP contribution < -0.4 is 15.2 Å². The summed E-state index contributed by atoms with van der Waals surface area (Å²) in [5.41, 5.74) is 6.36. The predicted octanol–water partition coefficient (Wildman–Crippen LogP) is 2.61. The van der Waals surface area contributed by atoms with E-state index < -0.39 is 12.0 Å². The summed E-state index contributed by atoms with van der Waals surface area (Å²) in [7, 11) is 0. The molecule has 1 atom stereocenters. The molecule has 110 valence electrons. The van der Waals surface area contributed by atoms with Gasteiger partial charge in [-0.3, -0.25) is 4.79 Å². The smallest absolute Gasteiger partial charge is 0.305 e. The lowest BCUT2D eigenvalue weighted by Gasteiger charge is -2.19. The van der Waals surface area contributed by atoms with Crippen LogP contribution in [0, 0.1) is 5.41 Å². The van der Waals surface area contributed by atoms with Gasteiger partial charge in [-0.25, -0.2) is 0 Å². The number of fused-ring (bicyclic) bond motifs is 1. The van der Waals surface area contributed by atoms with Crippen LogP contribution in [0.2, 0.25) is 5.02 Å². The van der Waals surface area contributed by atoms with Crippen LogP contribution in [-0.2, 0) is 4.79 Å².